The fourth-order valence-corrected chi connectivity index (χ4v) is 14.8. The molecule has 0 bridgehead atoms. The van der Waals surface area contributed by atoms with Gasteiger partial charge in [-0.25, -0.2) is 0 Å². The Balaban J connectivity index is 1.26. The minimum Gasteiger partial charge on any atom is -0.311 e. The van der Waals surface area contributed by atoms with E-state index in [2.05, 4.69) is 127 Å². The van der Waals surface area contributed by atoms with Gasteiger partial charge in [0, 0.05) is 66.6 Å². The molecule has 0 N–H and O–H groups in total. The summed E-state index contributed by atoms with van der Waals surface area (Å²) in [7, 11) is 0. The molecule has 0 aliphatic heterocycles. The van der Waals surface area contributed by atoms with E-state index in [4.69, 9.17) is 4.98 Å². The summed E-state index contributed by atoms with van der Waals surface area (Å²) in [5.74, 6) is -2.19. The summed E-state index contributed by atoms with van der Waals surface area (Å²) in [5, 5.41) is 7.98. The number of rotatable bonds is 11. The zero-order chi connectivity index (χ0) is 62.9. The Morgan fingerprint density at radius 2 is 0.837 bits per heavy atom. The molecular formula is C80H56F6N6. The van der Waals surface area contributed by atoms with Gasteiger partial charge in [-0.05, 0) is 116 Å². The number of hydrogen-bond acceptors (Lipinski definition) is 1. The first-order valence-electron chi connectivity index (χ1n) is 30.6. The van der Waals surface area contributed by atoms with Crippen LogP contribution in [0.15, 0.2) is 273 Å². The van der Waals surface area contributed by atoms with E-state index in [1.807, 2.05) is 160 Å². The fraction of sp³-hybridized carbons (Fsp3) is 0.0875. The van der Waals surface area contributed by atoms with Crippen molar-refractivity contribution in [1.82, 2.24) is 27.8 Å². The number of para-hydroxylation sites is 8. The van der Waals surface area contributed by atoms with Crippen LogP contribution >= 0.6 is 0 Å². The van der Waals surface area contributed by atoms with Gasteiger partial charge in [-0.15, -0.1) is 0 Å². The molecule has 6 nitrogen and oxygen atoms in total. The van der Waals surface area contributed by atoms with Crippen LogP contribution in [0.25, 0.3) is 138 Å². The molecule has 2 atom stereocenters. The molecule has 0 saturated carbocycles. The van der Waals surface area contributed by atoms with Crippen molar-refractivity contribution < 1.29 is 26.3 Å². The molecule has 92 heavy (non-hydrogen) atoms. The Labute approximate surface area is 524 Å². The van der Waals surface area contributed by atoms with Crippen LogP contribution in [0.3, 0.4) is 0 Å². The zero-order valence-corrected chi connectivity index (χ0v) is 50.1. The van der Waals surface area contributed by atoms with Crippen molar-refractivity contribution in [3.05, 3.63) is 290 Å². The smallest absolute Gasteiger partial charge is 0.311 e. The third-order valence-electron chi connectivity index (χ3n) is 18.5. The van der Waals surface area contributed by atoms with Gasteiger partial charge in [0.15, 0.2) is 0 Å². The van der Waals surface area contributed by atoms with Gasteiger partial charge in [-0.2, -0.15) is 26.3 Å². The van der Waals surface area contributed by atoms with Crippen molar-refractivity contribution in [3.63, 3.8) is 0 Å². The first-order valence-corrected chi connectivity index (χ1v) is 30.6. The number of allylic oxidation sites excluding steroid dienone is 7. The van der Waals surface area contributed by atoms with E-state index in [1.54, 1.807) is 6.08 Å². The molecule has 6 heterocycles. The fourth-order valence-electron chi connectivity index (χ4n) is 14.8. The molecule has 2 unspecified atom stereocenters. The van der Waals surface area contributed by atoms with E-state index >= 15 is 26.3 Å². The van der Waals surface area contributed by atoms with Gasteiger partial charge in [0.25, 0.3) is 0 Å². The van der Waals surface area contributed by atoms with E-state index in [9.17, 15) is 0 Å². The van der Waals surface area contributed by atoms with Crippen molar-refractivity contribution in [1.29, 1.82) is 0 Å². The van der Waals surface area contributed by atoms with Crippen LogP contribution in [0.5, 0.6) is 0 Å². The van der Waals surface area contributed by atoms with Gasteiger partial charge < -0.3 is 22.8 Å². The average molecular weight is 1220 g/mol. The molecule has 16 aromatic rings. The Bertz CT molecular complexity index is 5630. The highest BCUT2D eigenvalue weighted by Gasteiger charge is 2.41. The van der Waals surface area contributed by atoms with Gasteiger partial charge in [0.05, 0.1) is 94.3 Å². The lowest BCUT2D eigenvalue weighted by molar-refractivity contribution is -0.143. The Hall–Kier alpha value is -11.1. The highest BCUT2D eigenvalue weighted by Crippen LogP contribution is 2.54. The van der Waals surface area contributed by atoms with E-state index in [0.717, 1.165) is 116 Å². The van der Waals surface area contributed by atoms with E-state index in [0.29, 0.717) is 39.4 Å². The average Bonchev–Trinajstić information content (AvgIpc) is 1.51. The highest BCUT2D eigenvalue weighted by molar-refractivity contribution is 6.29. The molecule has 12 heteroatoms. The lowest BCUT2D eigenvalue weighted by atomic mass is 9.80. The van der Waals surface area contributed by atoms with Crippen molar-refractivity contribution in [3.8, 4) is 5.69 Å². The molecule has 0 aliphatic carbocycles. The molecule has 0 aliphatic rings. The number of halogens is 6. The number of aromatic nitrogens is 6. The number of pyridine rings is 1. The van der Waals surface area contributed by atoms with Gasteiger partial charge in [0.1, 0.15) is 0 Å². The van der Waals surface area contributed by atoms with Crippen molar-refractivity contribution >= 4 is 132 Å². The number of fused-ring (bicyclic) bond motifs is 16. The molecule has 6 aromatic heterocycles. The van der Waals surface area contributed by atoms with Crippen LogP contribution in [0.1, 0.15) is 43.4 Å². The molecule has 0 amide bonds. The lowest BCUT2D eigenvalue weighted by Crippen LogP contribution is -2.22. The maximum absolute atomic E-state index is 15.9. The standard InChI is InChI=1S/C80H56F6N6/c1-5-48(2)44-49(3)72(51-45-52(79(81,82)83)47-53(46-51)80(84,85)86)77(90-65-35-18-11-28-57(65)58-29-12-19-36-66(58)90)78(91-67-37-20-13-30-59(67)60-31-14-21-38-68(60)91)75(50(4)88-63-33-16-9-26-55(63)56-27-10-17-34-64(56)88)92-69-39-22-15-32-61(69)62-41-42-70-73(76(62)92)74-71(40-23-43-87-74)89(70)54-24-7-6-8-25-54/h5-47,49,72H,1H2,2-4H3/b48-44-,75-50-,78-77-. The largest absolute Gasteiger partial charge is 0.416 e. The predicted octanol–water partition coefficient (Wildman–Crippen LogP) is 22.6. The normalized spacial score (nSPS) is 14.1. The lowest BCUT2D eigenvalue weighted by Gasteiger charge is -2.34. The number of alkyl halides is 6. The summed E-state index contributed by atoms with van der Waals surface area (Å²) in [4.78, 5) is 5.28. The molecule has 0 radical (unpaired) electrons. The number of benzene rings is 10. The Kier molecular flexibility index (Phi) is 13.0. The van der Waals surface area contributed by atoms with Crippen LogP contribution in [-0.2, 0) is 12.4 Å². The minimum absolute atomic E-state index is 0.198. The van der Waals surface area contributed by atoms with E-state index < -0.39 is 35.3 Å². The second-order valence-electron chi connectivity index (χ2n) is 23.8. The Morgan fingerprint density at radius 3 is 1.30 bits per heavy atom. The molecular weight excluding hydrogens is 1160 g/mol. The summed E-state index contributed by atoms with van der Waals surface area (Å²) in [6.45, 7) is 9.98. The third kappa shape index (κ3) is 8.60. The van der Waals surface area contributed by atoms with Crippen LogP contribution in [-0.4, -0.2) is 27.8 Å². The second kappa shape index (κ2) is 21.3. The van der Waals surface area contributed by atoms with Crippen molar-refractivity contribution in [2.75, 3.05) is 0 Å². The Morgan fingerprint density at radius 1 is 0.424 bits per heavy atom. The van der Waals surface area contributed by atoms with Gasteiger partial charge in [-0.1, -0.05) is 183 Å². The summed E-state index contributed by atoms with van der Waals surface area (Å²) in [5.41, 5.74) is 9.31. The summed E-state index contributed by atoms with van der Waals surface area (Å²) in [6, 6.07) is 77.4. The van der Waals surface area contributed by atoms with Crippen LogP contribution in [0, 0.1) is 5.92 Å². The van der Waals surface area contributed by atoms with Gasteiger partial charge in [0.2, 0.25) is 0 Å². The molecule has 10 aromatic carbocycles. The second-order valence-corrected chi connectivity index (χ2v) is 23.8. The minimum atomic E-state index is -5.19. The SMILES string of the molecule is C=C/C(C)=C\C(C)C(/C(=C(\C(=C(/C)n1c2ccccc2c2ccccc21)n1c2ccccc2c2ccc3c(c4ncccc4n3-c3ccccc3)c21)n1c2ccccc2c2ccccc21)n1c2ccccc2c2ccccc21)c1cc(C(F)(F)F)cc(C(F)(F)F)c1. The topological polar surface area (TPSA) is 37.5 Å². The third-order valence-corrected chi connectivity index (χ3v) is 18.5. The van der Waals surface area contributed by atoms with Crippen LogP contribution in [0.4, 0.5) is 26.3 Å². The van der Waals surface area contributed by atoms with Gasteiger partial charge in [-0.3, -0.25) is 4.98 Å². The summed E-state index contributed by atoms with van der Waals surface area (Å²) in [6.07, 6.45) is -4.99. The number of nitrogens with zero attached hydrogens (tertiary/aromatic N) is 6. The van der Waals surface area contributed by atoms with Crippen molar-refractivity contribution in [2.24, 2.45) is 5.92 Å². The van der Waals surface area contributed by atoms with E-state index in [-0.39, 0.29) is 11.6 Å². The quantitative estimate of drug-likeness (QED) is 0.0939. The number of hydrogen-bond donors (Lipinski definition) is 0. The van der Waals surface area contributed by atoms with E-state index in [1.165, 1.54) is 0 Å². The molecule has 448 valence electrons. The van der Waals surface area contributed by atoms with Crippen LogP contribution < -0.4 is 0 Å². The maximum Gasteiger partial charge on any atom is 0.416 e. The van der Waals surface area contributed by atoms with Crippen LogP contribution in [0.2, 0.25) is 0 Å². The highest BCUT2D eigenvalue weighted by atomic mass is 19.4. The first-order chi connectivity index (χ1) is 44.7. The molecule has 16 rings (SSSR count). The monoisotopic (exact) mass is 1210 g/mol. The predicted molar refractivity (Wildman–Crippen MR) is 367 cm³/mol. The zero-order valence-electron chi connectivity index (χ0n) is 50.1. The maximum atomic E-state index is 15.9. The summed E-state index contributed by atoms with van der Waals surface area (Å²) >= 11 is 0. The first kappa shape index (κ1) is 56.1. The summed E-state index contributed by atoms with van der Waals surface area (Å²) < 4.78 is 107. The molecule has 0 saturated heterocycles. The molecule has 0 spiro atoms. The van der Waals surface area contributed by atoms with Crippen molar-refractivity contribution in [2.45, 2.75) is 39.0 Å². The van der Waals surface area contributed by atoms with Gasteiger partial charge >= 0.3 is 12.4 Å². The molecule has 0 fully saturated rings.